The quantitative estimate of drug-likeness (QED) is 0.823. The first-order chi connectivity index (χ1) is 7.62. The van der Waals surface area contributed by atoms with Crippen LogP contribution in [0, 0.1) is 0 Å². The van der Waals surface area contributed by atoms with Gasteiger partial charge in [0.1, 0.15) is 11.5 Å². The second kappa shape index (κ2) is 5.37. The second-order valence-corrected chi connectivity index (χ2v) is 3.10. The van der Waals surface area contributed by atoms with Gasteiger partial charge in [0, 0.05) is 13.2 Å². The molecule has 1 unspecified atom stereocenters. The van der Waals surface area contributed by atoms with E-state index in [2.05, 4.69) is 0 Å². The molecule has 0 aliphatic carbocycles. The van der Waals surface area contributed by atoms with Crippen molar-refractivity contribution in [2.45, 2.75) is 6.10 Å². The van der Waals surface area contributed by atoms with Crippen LogP contribution >= 0.6 is 0 Å². The Morgan fingerprint density at radius 2 is 1.62 bits per heavy atom. The van der Waals surface area contributed by atoms with Crippen LogP contribution in [0.15, 0.2) is 18.2 Å². The highest BCUT2D eigenvalue weighted by Crippen LogP contribution is 2.27. The highest BCUT2D eigenvalue weighted by atomic mass is 16.5. The molecule has 0 fully saturated rings. The molecule has 0 aromatic heterocycles. The molecule has 1 aromatic carbocycles. The Hall–Kier alpha value is -1.75. The summed E-state index contributed by atoms with van der Waals surface area (Å²) in [5, 5.41) is 8.95. The summed E-state index contributed by atoms with van der Waals surface area (Å²) in [7, 11) is 4.34. The zero-order valence-corrected chi connectivity index (χ0v) is 9.39. The molecule has 1 atom stereocenters. The van der Waals surface area contributed by atoms with Crippen LogP contribution in [-0.4, -0.2) is 32.4 Å². The van der Waals surface area contributed by atoms with Crippen LogP contribution < -0.4 is 9.47 Å². The fourth-order valence-corrected chi connectivity index (χ4v) is 1.36. The number of carboxylic acids is 1. The van der Waals surface area contributed by atoms with Crippen molar-refractivity contribution in [2.24, 2.45) is 0 Å². The minimum Gasteiger partial charge on any atom is -0.497 e. The maximum absolute atomic E-state index is 10.9. The fraction of sp³-hybridized carbons (Fsp3) is 0.364. The molecule has 0 radical (unpaired) electrons. The van der Waals surface area contributed by atoms with Gasteiger partial charge in [-0.2, -0.15) is 0 Å². The van der Waals surface area contributed by atoms with Crippen LogP contribution in [0.5, 0.6) is 11.5 Å². The van der Waals surface area contributed by atoms with Gasteiger partial charge in [-0.05, 0) is 17.7 Å². The topological polar surface area (TPSA) is 65.0 Å². The van der Waals surface area contributed by atoms with E-state index in [0.717, 1.165) is 0 Å². The molecule has 0 heterocycles. The van der Waals surface area contributed by atoms with E-state index in [4.69, 9.17) is 19.3 Å². The Kier molecular flexibility index (Phi) is 4.13. The summed E-state index contributed by atoms with van der Waals surface area (Å²) < 4.78 is 15.0. The molecule has 0 amide bonds. The van der Waals surface area contributed by atoms with E-state index in [9.17, 15) is 4.79 Å². The van der Waals surface area contributed by atoms with Crippen LogP contribution in [0.4, 0.5) is 0 Å². The smallest absolute Gasteiger partial charge is 0.337 e. The monoisotopic (exact) mass is 226 g/mol. The number of aliphatic carboxylic acids is 1. The van der Waals surface area contributed by atoms with Crippen LogP contribution in [0.25, 0.3) is 0 Å². The largest absolute Gasteiger partial charge is 0.497 e. The molecular weight excluding hydrogens is 212 g/mol. The summed E-state index contributed by atoms with van der Waals surface area (Å²) in [5.41, 5.74) is 0.478. The molecule has 88 valence electrons. The number of hydrogen-bond acceptors (Lipinski definition) is 4. The van der Waals surface area contributed by atoms with Gasteiger partial charge in [-0.15, -0.1) is 0 Å². The van der Waals surface area contributed by atoms with E-state index in [1.54, 1.807) is 18.2 Å². The molecule has 1 rings (SSSR count). The van der Waals surface area contributed by atoms with Crippen molar-refractivity contribution in [1.29, 1.82) is 0 Å². The molecule has 5 nitrogen and oxygen atoms in total. The molecule has 1 N–H and O–H groups in total. The molecule has 16 heavy (non-hydrogen) atoms. The Bertz CT molecular complexity index is 352. The molecule has 0 saturated carbocycles. The maximum Gasteiger partial charge on any atom is 0.337 e. The lowest BCUT2D eigenvalue weighted by Crippen LogP contribution is -2.13. The van der Waals surface area contributed by atoms with Gasteiger partial charge in [0.2, 0.25) is 0 Å². The van der Waals surface area contributed by atoms with Gasteiger partial charge in [0.05, 0.1) is 14.2 Å². The molecule has 0 aliphatic heterocycles. The minimum absolute atomic E-state index is 0.478. The average molecular weight is 226 g/mol. The first-order valence-corrected chi connectivity index (χ1v) is 4.61. The molecule has 0 bridgehead atoms. The summed E-state index contributed by atoms with van der Waals surface area (Å²) in [6, 6.07) is 4.87. The number of methoxy groups -OCH3 is 3. The van der Waals surface area contributed by atoms with Crippen molar-refractivity contribution in [1.82, 2.24) is 0 Å². The lowest BCUT2D eigenvalue weighted by atomic mass is 10.1. The van der Waals surface area contributed by atoms with Crippen molar-refractivity contribution in [3.63, 3.8) is 0 Å². The highest BCUT2D eigenvalue weighted by Gasteiger charge is 2.20. The normalized spacial score (nSPS) is 11.9. The molecule has 5 heteroatoms. The molecule has 1 aromatic rings. The van der Waals surface area contributed by atoms with E-state index in [0.29, 0.717) is 17.1 Å². The molecule has 0 saturated heterocycles. The number of carboxylic acid groups (broad SMARTS) is 1. The standard InChI is InChI=1S/C11H14O5/c1-14-8-4-7(5-9(6-8)15-2)10(16-3)11(12)13/h4-6,10H,1-3H3,(H,12,13). The first-order valence-electron chi connectivity index (χ1n) is 4.61. The number of ether oxygens (including phenoxy) is 3. The number of rotatable bonds is 5. The summed E-state index contributed by atoms with van der Waals surface area (Å²) >= 11 is 0. The Balaban J connectivity index is 3.15. The predicted octanol–water partition coefficient (Wildman–Crippen LogP) is 1.48. The van der Waals surface area contributed by atoms with Crippen molar-refractivity contribution < 1.29 is 24.1 Å². The first kappa shape index (κ1) is 12.3. The lowest BCUT2D eigenvalue weighted by Gasteiger charge is -2.13. The Morgan fingerprint density at radius 3 is 1.94 bits per heavy atom. The van der Waals surface area contributed by atoms with Crippen molar-refractivity contribution in [3.8, 4) is 11.5 Å². The van der Waals surface area contributed by atoms with Crippen LogP contribution in [0.3, 0.4) is 0 Å². The average Bonchev–Trinajstić information content (AvgIpc) is 2.29. The van der Waals surface area contributed by atoms with Crippen molar-refractivity contribution in [2.75, 3.05) is 21.3 Å². The highest BCUT2D eigenvalue weighted by molar-refractivity contribution is 5.74. The van der Waals surface area contributed by atoms with E-state index in [-0.39, 0.29) is 0 Å². The predicted molar refractivity (Wildman–Crippen MR) is 56.9 cm³/mol. The zero-order chi connectivity index (χ0) is 12.1. The third kappa shape index (κ3) is 2.64. The summed E-state index contributed by atoms with van der Waals surface area (Å²) in [6.45, 7) is 0. The maximum atomic E-state index is 10.9. The van der Waals surface area contributed by atoms with Gasteiger partial charge < -0.3 is 19.3 Å². The van der Waals surface area contributed by atoms with Gasteiger partial charge in [-0.25, -0.2) is 4.79 Å². The number of benzene rings is 1. The number of hydrogen-bond donors (Lipinski definition) is 1. The van der Waals surface area contributed by atoms with E-state index >= 15 is 0 Å². The lowest BCUT2D eigenvalue weighted by molar-refractivity contribution is -0.148. The van der Waals surface area contributed by atoms with E-state index < -0.39 is 12.1 Å². The fourth-order valence-electron chi connectivity index (χ4n) is 1.36. The van der Waals surface area contributed by atoms with Gasteiger partial charge >= 0.3 is 5.97 Å². The van der Waals surface area contributed by atoms with Crippen LogP contribution in [0.1, 0.15) is 11.7 Å². The molecular formula is C11H14O5. The van der Waals surface area contributed by atoms with Crippen LogP contribution in [0.2, 0.25) is 0 Å². The Labute approximate surface area is 93.6 Å². The van der Waals surface area contributed by atoms with Gasteiger partial charge in [-0.1, -0.05) is 0 Å². The van der Waals surface area contributed by atoms with Gasteiger partial charge in [0.15, 0.2) is 6.10 Å². The third-order valence-corrected chi connectivity index (χ3v) is 2.14. The van der Waals surface area contributed by atoms with E-state index in [1.807, 2.05) is 0 Å². The summed E-state index contributed by atoms with van der Waals surface area (Å²) in [6.07, 6.45) is -1.02. The van der Waals surface area contributed by atoms with E-state index in [1.165, 1.54) is 21.3 Å². The van der Waals surface area contributed by atoms with Crippen LogP contribution in [-0.2, 0) is 9.53 Å². The van der Waals surface area contributed by atoms with Gasteiger partial charge in [-0.3, -0.25) is 0 Å². The van der Waals surface area contributed by atoms with Crippen molar-refractivity contribution >= 4 is 5.97 Å². The van der Waals surface area contributed by atoms with Gasteiger partial charge in [0.25, 0.3) is 0 Å². The second-order valence-electron chi connectivity index (χ2n) is 3.10. The Morgan fingerprint density at radius 1 is 1.12 bits per heavy atom. The number of carbonyl (C=O) groups is 1. The van der Waals surface area contributed by atoms with Crippen molar-refractivity contribution in [3.05, 3.63) is 23.8 Å². The summed E-state index contributed by atoms with van der Waals surface area (Å²) in [4.78, 5) is 10.9. The summed E-state index contributed by atoms with van der Waals surface area (Å²) in [5.74, 6) is -0.00638. The minimum atomic E-state index is -1.06. The zero-order valence-electron chi connectivity index (χ0n) is 9.39. The third-order valence-electron chi connectivity index (χ3n) is 2.14. The molecule has 0 aliphatic rings. The SMILES string of the molecule is COc1cc(OC)cc(C(OC)C(=O)O)c1. The molecule has 0 spiro atoms.